The Morgan fingerprint density at radius 1 is 1.05 bits per heavy atom. The van der Waals surface area contributed by atoms with E-state index < -0.39 is 10.8 Å². The summed E-state index contributed by atoms with van der Waals surface area (Å²) in [5.41, 5.74) is 4.36. The maximum atomic E-state index is 13.3. The number of hydrogen-bond donors (Lipinski definition) is 1. The van der Waals surface area contributed by atoms with Gasteiger partial charge in [-0.15, -0.1) is 10.2 Å². The number of para-hydroxylation sites is 1. The summed E-state index contributed by atoms with van der Waals surface area (Å²) in [6.07, 6.45) is 1.88. The van der Waals surface area contributed by atoms with Crippen LogP contribution in [0.4, 0.5) is 11.4 Å². The molecule has 2 amide bonds. The minimum Gasteiger partial charge on any atom is -0.345 e. The predicted octanol–water partition coefficient (Wildman–Crippen LogP) is 4.79. The molecular weight excluding hydrogens is 528 g/mol. The van der Waals surface area contributed by atoms with E-state index in [0.717, 1.165) is 29.8 Å². The zero-order valence-electron chi connectivity index (χ0n) is 22.2. The smallest absolute Gasteiger partial charge is 0.273 e. The predicted molar refractivity (Wildman–Crippen MR) is 153 cm³/mol. The Bertz CT molecular complexity index is 1600. The maximum absolute atomic E-state index is 13.3. The molecule has 3 aromatic carbocycles. The van der Waals surface area contributed by atoms with Gasteiger partial charge >= 0.3 is 0 Å². The van der Waals surface area contributed by atoms with Crippen molar-refractivity contribution >= 4 is 35.0 Å². The molecule has 0 aliphatic carbocycles. The van der Waals surface area contributed by atoms with Crippen molar-refractivity contribution < 1.29 is 14.5 Å². The molecule has 1 aromatic heterocycles. The minimum atomic E-state index is -0.506. The summed E-state index contributed by atoms with van der Waals surface area (Å²) < 4.78 is 1.83. The molecule has 0 atom stereocenters. The highest BCUT2D eigenvalue weighted by atomic mass is 32.2. The number of fused-ring (bicyclic) bond motifs is 1. The number of rotatable bonds is 8. The molecule has 0 unspecified atom stereocenters. The van der Waals surface area contributed by atoms with Crippen molar-refractivity contribution in [3.05, 3.63) is 105 Å². The molecule has 0 saturated carbocycles. The van der Waals surface area contributed by atoms with Crippen LogP contribution in [0.3, 0.4) is 0 Å². The number of benzene rings is 3. The zero-order chi connectivity index (χ0) is 28.2. The van der Waals surface area contributed by atoms with Gasteiger partial charge in [0.05, 0.1) is 17.2 Å². The summed E-state index contributed by atoms with van der Waals surface area (Å²) in [6.45, 7) is 4.24. The molecule has 11 heteroatoms. The van der Waals surface area contributed by atoms with Crippen LogP contribution < -0.4 is 10.2 Å². The highest BCUT2D eigenvalue weighted by Gasteiger charge is 2.24. The molecule has 1 aliphatic heterocycles. The van der Waals surface area contributed by atoms with Crippen molar-refractivity contribution in [3.8, 4) is 5.69 Å². The van der Waals surface area contributed by atoms with E-state index in [9.17, 15) is 19.7 Å². The quantitative estimate of drug-likeness (QED) is 0.188. The number of anilines is 1. The Morgan fingerprint density at radius 2 is 1.85 bits per heavy atom. The van der Waals surface area contributed by atoms with Crippen molar-refractivity contribution in [1.29, 1.82) is 0 Å². The second kappa shape index (κ2) is 11.7. The number of nitro groups is 1. The molecule has 0 spiro atoms. The molecule has 40 heavy (non-hydrogen) atoms. The van der Waals surface area contributed by atoms with Gasteiger partial charge in [0.2, 0.25) is 5.91 Å². The van der Waals surface area contributed by atoms with Crippen LogP contribution in [0.1, 0.15) is 39.3 Å². The van der Waals surface area contributed by atoms with Crippen molar-refractivity contribution in [2.24, 2.45) is 0 Å². The minimum absolute atomic E-state index is 0.00746. The first kappa shape index (κ1) is 27.1. The van der Waals surface area contributed by atoms with Crippen LogP contribution in [0.2, 0.25) is 0 Å². The van der Waals surface area contributed by atoms with Crippen LogP contribution in [0.25, 0.3) is 5.69 Å². The van der Waals surface area contributed by atoms with E-state index in [1.165, 1.54) is 29.5 Å². The number of aryl methyl sites for hydroxylation is 2. The van der Waals surface area contributed by atoms with Gasteiger partial charge in [0.25, 0.3) is 11.6 Å². The monoisotopic (exact) mass is 556 g/mol. The molecule has 0 bridgehead atoms. The first-order chi connectivity index (χ1) is 19.3. The van der Waals surface area contributed by atoms with Crippen molar-refractivity contribution in [1.82, 2.24) is 20.1 Å². The number of amides is 2. The molecule has 2 heterocycles. The van der Waals surface area contributed by atoms with Crippen LogP contribution in [0.15, 0.2) is 71.9 Å². The Balaban J connectivity index is 1.37. The number of carbonyl (C=O) groups is 2. The van der Waals surface area contributed by atoms with Crippen LogP contribution >= 0.6 is 11.8 Å². The molecule has 204 valence electrons. The van der Waals surface area contributed by atoms with Gasteiger partial charge in [-0.05, 0) is 62.1 Å². The van der Waals surface area contributed by atoms with Gasteiger partial charge in [0.15, 0.2) is 11.0 Å². The second-order valence-corrected chi connectivity index (χ2v) is 10.5. The Hall–Kier alpha value is -4.51. The average molecular weight is 557 g/mol. The van der Waals surface area contributed by atoms with E-state index >= 15 is 0 Å². The van der Waals surface area contributed by atoms with E-state index in [-0.39, 0.29) is 29.5 Å². The molecule has 5 rings (SSSR count). The van der Waals surface area contributed by atoms with Crippen LogP contribution in [-0.4, -0.2) is 43.8 Å². The Kier molecular flexibility index (Phi) is 7.92. The molecule has 10 nitrogen and oxygen atoms in total. The average Bonchev–Trinajstić information content (AvgIpc) is 3.37. The van der Waals surface area contributed by atoms with E-state index in [2.05, 4.69) is 21.6 Å². The number of nitro benzene ring substituents is 1. The Morgan fingerprint density at radius 3 is 2.65 bits per heavy atom. The maximum Gasteiger partial charge on any atom is 0.273 e. The first-order valence-electron chi connectivity index (χ1n) is 12.9. The highest BCUT2D eigenvalue weighted by Crippen LogP contribution is 2.29. The lowest BCUT2D eigenvalue weighted by Gasteiger charge is -2.29. The van der Waals surface area contributed by atoms with Crippen molar-refractivity contribution in [2.75, 3.05) is 17.2 Å². The van der Waals surface area contributed by atoms with Crippen LogP contribution in [0, 0.1) is 24.0 Å². The number of nitrogens with one attached hydrogen (secondary N) is 1. The third-order valence-corrected chi connectivity index (χ3v) is 7.76. The molecule has 4 aromatic rings. The van der Waals surface area contributed by atoms with E-state index in [1.807, 2.05) is 58.9 Å². The van der Waals surface area contributed by atoms with Gasteiger partial charge in [-0.1, -0.05) is 48.2 Å². The fourth-order valence-corrected chi connectivity index (χ4v) is 5.70. The van der Waals surface area contributed by atoms with Gasteiger partial charge < -0.3 is 10.2 Å². The Labute approximate surface area is 235 Å². The van der Waals surface area contributed by atoms with Crippen molar-refractivity contribution in [2.45, 2.75) is 38.4 Å². The topological polar surface area (TPSA) is 123 Å². The summed E-state index contributed by atoms with van der Waals surface area (Å²) in [5, 5.41) is 23.3. The lowest BCUT2D eigenvalue weighted by molar-refractivity contribution is -0.385. The molecule has 0 fully saturated rings. The molecular formula is C29H28N6O4S. The molecule has 1 aliphatic rings. The van der Waals surface area contributed by atoms with E-state index in [4.69, 9.17) is 0 Å². The summed E-state index contributed by atoms with van der Waals surface area (Å²) in [6, 6.07) is 20.2. The number of thioether (sulfide) groups is 1. The normalized spacial score (nSPS) is 12.6. The summed E-state index contributed by atoms with van der Waals surface area (Å²) in [7, 11) is 0. The van der Waals surface area contributed by atoms with Crippen LogP contribution in [0.5, 0.6) is 0 Å². The lowest BCUT2D eigenvalue weighted by Crippen LogP contribution is -2.36. The molecule has 1 N–H and O–H groups in total. The largest absolute Gasteiger partial charge is 0.345 e. The van der Waals surface area contributed by atoms with E-state index in [1.54, 1.807) is 13.0 Å². The van der Waals surface area contributed by atoms with Gasteiger partial charge in [0, 0.05) is 35.1 Å². The van der Waals surface area contributed by atoms with Crippen LogP contribution in [-0.2, 0) is 17.8 Å². The summed E-state index contributed by atoms with van der Waals surface area (Å²) >= 11 is 1.29. The zero-order valence-corrected chi connectivity index (χ0v) is 23.0. The first-order valence-corrected chi connectivity index (χ1v) is 13.9. The van der Waals surface area contributed by atoms with Gasteiger partial charge in [-0.25, -0.2) is 0 Å². The third-order valence-electron chi connectivity index (χ3n) is 6.85. The number of hydrogen-bond acceptors (Lipinski definition) is 7. The van der Waals surface area contributed by atoms with Gasteiger partial charge in [-0.2, -0.15) is 0 Å². The van der Waals surface area contributed by atoms with Gasteiger partial charge in [-0.3, -0.25) is 24.3 Å². The standard InChI is InChI=1S/C29H28N6O4S/c1-19-8-5-11-22(16-19)34-26(17-30-28(37)23-12-6-14-24(20(23)2)35(38)39)31-32-29(34)40-18-27(36)33-15-7-10-21-9-3-4-13-25(21)33/h3-6,8-9,11-14,16H,7,10,15,17-18H2,1-2H3,(H,30,37). The number of aromatic nitrogens is 3. The fourth-order valence-electron chi connectivity index (χ4n) is 4.85. The van der Waals surface area contributed by atoms with Gasteiger partial charge in [0.1, 0.15) is 0 Å². The fraction of sp³-hybridized carbons (Fsp3) is 0.241. The van der Waals surface area contributed by atoms with E-state index in [0.29, 0.717) is 23.1 Å². The summed E-state index contributed by atoms with van der Waals surface area (Å²) in [4.78, 5) is 38.9. The number of nitrogens with zero attached hydrogens (tertiary/aromatic N) is 5. The number of carbonyl (C=O) groups excluding carboxylic acids is 2. The SMILES string of the molecule is Cc1cccc(-n2c(CNC(=O)c3cccc([N+](=O)[O-])c3C)nnc2SCC(=O)N2CCCc3ccccc32)c1. The molecule has 0 radical (unpaired) electrons. The third kappa shape index (κ3) is 5.59. The highest BCUT2D eigenvalue weighted by molar-refractivity contribution is 7.99. The summed E-state index contributed by atoms with van der Waals surface area (Å²) in [5.74, 6) is 0.192. The van der Waals surface area contributed by atoms with Crippen molar-refractivity contribution in [3.63, 3.8) is 0 Å². The lowest BCUT2D eigenvalue weighted by atomic mass is 10.0. The molecule has 0 saturated heterocycles. The second-order valence-electron chi connectivity index (χ2n) is 9.53.